The maximum absolute atomic E-state index is 12.2. The summed E-state index contributed by atoms with van der Waals surface area (Å²) in [6.07, 6.45) is 1.66. The summed E-state index contributed by atoms with van der Waals surface area (Å²) >= 11 is 0. The van der Waals surface area contributed by atoms with E-state index in [-0.39, 0.29) is 11.9 Å². The van der Waals surface area contributed by atoms with Crippen LogP contribution in [0, 0.1) is 0 Å². The number of anilines is 2. The molecule has 0 saturated heterocycles. The van der Waals surface area contributed by atoms with Gasteiger partial charge in [-0.2, -0.15) is 0 Å². The molecule has 1 atom stereocenters. The zero-order valence-electron chi connectivity index (χ0n) is 11.8. The molecule has 3 rings (SSSR count). The number of rotatable bonds is 4. The monoisotopic (exact) mass is 286 g/mol. The van der Waals surface area contributed by atoms with Crippen molar-refractivity contribution in [1.29, 1.82) is 0 Å². The van der Waals surface area contributed by atoms with Crippen molar-refractivity contribution in [3.63, 3.8) is 0 Å². The molecule has 1 amide bonds. The molecule has 2 aromatic rings. The number of carbonyl (C=O) groups is 1. The van der Waals surface area contributed by atoms with Crippen LogP contribution in [0.3, 0.4) is 0 Å². The van der Waals surface area contributed by atoms with Crippen molar-refractivity contribution in [3.05, 3.63) is 36.4 Å². The number of aromatic nitrogens is 3. The molecule has 0 fully saturated rings. The second kappa shape index (κ2) is 5.82. The summed E-state index contributed by atoms with van der Waals surface area (Å²) in [5.41, 5.74) is 1.97. The Kier molecular flexibility index (Phi) is 3.72. The molecule has 0 aliphatic carbocycles. The van der Waals surface area contributed by atoms with Crippen molar-refractivity contribution < 1.29 is 4.79 Å². The van der Waals surface area contributed by atoms with E-state index in [1.807, 2.05) is 35.8 Å². The van der Waals surface area contributed by atoms with Crippen molar-refractivity contribution in [2.75, 3.05) is 17.2 Å². The maximum Gasteiger partial charge on any atom is 0.244 e. The lowest BCUT2D eigenvalue weighted by atomic mass is 10.1. The first-order chi connectivity index (χ1) is 10.3. The van der Waals surface area contributed by atoms with Gasteiger partial charge in [-0.25, -0.2) is 0 Å². The molecule has 1 unspecified atom stereocenters. The average Bonchev–Trinajstić information content (AvgIpc) is 2.99. The Labute approximate surface area is 122 Å². The Bertz CT molecular complexity index is 638. The van der Waals surface area contributed by atoms with Crippen LogP contribution in [0.25, 0.3) is 0 Å². The van der Waals surface area contributed by atoms with Crippen molar-refractivity contribution in [2.45, 2.75) is 26.1 Å². The number of aryl methyl sites for hydroxylation is 1. The number of fused-ring (bicyclic) bond motifs is 1. The number of nitrogens with zero attached hydrogens (tertiary/aromatic N) is 3. The number of carbonyl (C=O) groups excluding carboxylic acids is 1. The third-order valence-corrected chi connectivity index (χ3v) is 3.53. The van der Waals surface area contributed by atoms with Crippen LogP contribution in [0.5, 0.6) is 0 Å². The van der Waals surface area contributed by atoms with E-state index in [0.29, 0.717) is 13.1 Å². The van der Waals surface area contributed by atoms with Crippen LogP contribution in [0.2, 0.25) is 0 Å². The molecule has 21 heavy (non-hydrogen) atoms. The molecule has 7 nitrogen and oxygen atoms in total. The van der Waals surface area contributed by atoms with E-state index in [2.05, 4.69) is 26.1 Å². The van der Waals surface area contributed by atoms with E-state index >= 15 is 0 Å². The molecule has 1 aliphatic rings. The van der Waals surface area contributed by atoms with Gasteiger partial charge in [0.15, 0.2) is 5.82 Å². The van der Waals surface area contributed by atoms with Gasteiger partial charge in [-0.05, 0) is 19.1 Å². The fourth-order valence-corrected chi connectivity index (χ4v) is 2.34. The Balaban J connectivity index is 1.60. The third kappa shape index (κ3) is 2.81. The van der Waals surface area contributed by atoms with Crippen LogP contribution in [0.4, 0.5) is 11.4 Å². The van der Waals surface area contributed by atoms with Crippen LogP contribution in [0.1, 0.15) is 12.7 Å². The summed E-state index contributed by atoms with van der Waals surface area (Å²) in [5.74, 6) is 0.706. The topological polar surface area (TPSA) is 83.9 Å². The third-order valence-electron chi connectivity index (χ3n) is 3.53. The summed E-state index contributed by atoms with van der Waals surface area (Å²) in [4.78, 5) is 12.2. The molecule has 7 heteroatoms. The molecule has 110 valence electrons. The van der Waals surface area contributed by atoms with Gasteiger partial charge < -0.3 is 20.5 Å². The highest BCUT2D eigenvalue weighted by molar-refractivity contribution is 5.88. The van der Waals surface area contributed by atoms with Crippen LogP contribution in [0.15, 0.2) is 30.6 Å². The number of para-hydroxylation sites is 2. The Morgan fingerprint density at radius 1 is 1.43 bits per heavy atom. The molecule has 0 saturated carbocycles. The van der Waals surface area contributed by atoms with E-state index in [9.17, 15) is 4.79 Å². The molecule has 0 bridgehead atoms. The van der Waals surface area contributed by atoms with E-state index in [1.165, 1.54) is 0 Å². The van der Waals surface area contributed by atoms with Crippen LogP contribution in [-0.2, 0) is 17.9 Å². The molecule has 1 aromatic heterocycles. The number of amides is 1. The molecule has 1 aromatic carbocycles. The Morgan fingerprint density at radius 3 is 3.05 bits per heavy atom. The summed E-state index contributed by atoms with van der Waals surface area (Å²) in [7, 11) is 0. The lowest BCUT2D eigenvalue weighted by Crippen LogP contribution is -2.46. The molecule has 2 heterocycles. The molecule has 0 radical (unpaired) electrons. The van der Waals surface area contributed by atoms with Crippen molar-refractivity contribution in [3.8, 4) is 0 Å². The van der Waals surface area contributed by atoms with Gasteiger partial charge in [0, 0.05) is 13.1 Å². The summed E-state index contributed by atoms with van der Waals surface area (Å²) in [6, 6.07) is 7.55. The fraction of sp³-hybridized carbons (Fsp3) is 0.357. The number of benzene rings is 1. The predicted molar refractivity (Wildman–Crippen MR) is 79.9 cm³/mol. The first-order valence-corrected chi connectivity index (χ1v) is 7.01. The van der Waals surface area contributed by atoms with E-state index in [1.54, 1.807) is 6.33 Å². The first-order valence-electron chi connectivity index (χ1n) is 7.01. The zero-order valence-corrected chi connectivity index (χ0v) is 11.8. The van der Waals surface area contributed by atoms with Gasteiger partial charge in [0.05, 0.1) is 17.9 Å². The van der Waals surface area contributed by atoms with E-state index < -0.39 is 0 Å². The SMILES string of the molecule is CCn1cnnc1CNC(=O)C1CNc2ccccc2N1. The summed E-state index contributed by atoms with van der Waals surface area (Å²) < 4.78 is 1.90. The second-order valence-corrected chi connectivity index (χ2v) is 4.87. The standard InChI is InChI=1S/C14H18N6O/c1-2-20-9-17-19-13(20)8-16-14(21)12-7-15-10-5-3-4-6-11(10)18-12/h3-6,9,12,15,18H,2,7-8H2,1H3,(H,16,21). The van der Waals surface area contributed by atoms with E-state index in [4.69, 9.17) is 0 Å². The van der Waals surface area contributed by atoms with Gasteiger partial charge in [-0.15, -0.1) is 10.2 Å². The van der Waals surface area contributed by atoms with Crippen molar-refractivity contribution in [1.82, 2.24) is 20.1 Å². The zero-order chi connectivity index (χ0) is 14.7. The van der Waals surface area contributed by atoms with Gasteiger partial charge in [0.25, 0.3) is 0 Å². The Morgan fingerprint density at radius 2 is 2.24 bits per heavy atom. The lowest BCUT2D eigenvalue weighted by molar-refractivity contribution is -0.121. The predicted octanol–water partition coefficient (Wildman–Crippen LogP) is 0.820. The molecule has 3 N–H and O–H groups in total. The van der Waals surface area contributed by atoms with Crippen molar-refractivity contribution >= 4 is 17.3 Å². The van der Waals surface area contributed by atoms with Gasteiger partial charge in [-0.1, -0.05) is 12.1 Å². The summed E-state index contributed by atoms with van der Waals surface area (Å²) in [6.45, 7) is 3.74. The van der Waals surface area contributed by atoms with Gasteiger partial charge >= 0.3 is 0 Å². The van der Waals surface area contributed by atoms with Gasteiger partial charge in [0.2, 0.25) is 5.91 Å². The molecule has 1 aliphatic heterocycles. The molecular formula is C14H18N6O. The average molecular weight is 286 g/mol. The van der Waals surface area contributed by atoms with Gasteiger partial charge in [0.1, 0.15) is 12.4 Å². The van der Waals surface area contributed by atoms with Crippen molar-refractivity contribution in [2.24, 2.45) is 0 Å². The van der Waals surface area contributed by atoms with Crippen LogP contribution in [-0.4, -0.2) is 33.3 Å². The van der Waals surface area contributed by atoms with Gasteiger partial charge in [-0.3, -0.25) is 4.79 Å². The maximum atomic E-state index is 12.2. The number of hydrogen-bond donors (Lipinski definition) is 3. The Hall–Kier alpha value is -2.57. The fourth-order valence-electron chi connectivity index (χ4n) is 2.34. The lowest BCUT2D eigenvalue weighted by Gasteiger charge is -2.27. The van der Waals surface area contributed by atoms with E-state index in [0.717, 1.165) is 23.7 Å². The van der Waals surface area contributed by atoms with Crippen LogP contribution < -0.4 is 16.0 Å². The number of nitrogens with one attached hydrogen (secondary N) is 3. The molecule has 0 spiro atoms. The highest BCUT2D eigenvalue weighted by atomic mass is 16.2. The number of hydrogen-bond acceptors (Lipinski definition) is 5. The molecular weight excluding hydrogens is 268 g/mol. The highest BCUT2D eigenvalue weighted by Gasteiger charge is 2.23. The largest absolute Gasteiger partial charge is 0.381 e. The first kappa shape index (κ1) is 13.4. The smallest absolute Gasteiger partial charge is 0.244 e. The normalized spacial score (nSPS) is 16.5. The summed E-state index contributed by atoms with van der Waals surface area (Å²) in [5, 5.41) is 17.2. The van der Waals surface area contributed by atoms with Crippen LogP contribution >= 0.6 is 0 Å². The minimum absolute atomic E-state index is 0.0531. The quantitative estimate of drug-likeness (QED) is 0.775. The minimum atomic E-state index is -0.294. The minimum Gasteiger partial charge on any atom is -0.381 e. The second-order valence-electron chi connectivity index (χ2n) is 4.87. The highest BCUT2D eigenvalue weighted by Crippen LogP contribution is 2.25.